The van der Waals surface area contributed by atoms with Gasteiger partial charge in [-0.15, -0.1) is 0 Å². The third-order valence-corrected chi connectivity index (χ3v) is 3.21. The Morgan fingerprint density at radius 1 is 1.43 bits per heavy atom. The van der Waals surface area contributed by atoms with Crippen molar-refractivity contribution in [2.24, 2.45) is 0 Å². The Morgan fingerprint density at radius 3 is 2.71 bits per heavy atom. The number of hydrogen-bond acceptors (Lipinski definition) is 4. The third-order valence-electron chi connectivity index (χ3n) is 3.21. The number of nitriles is 1. The molecule has 1 aromatic rings. The number of ether oxygens (including phenoxy) is 1. The predicted molar refractivity (Wildman–Crippen MR) is 83.3 cm³/mol. The topological polar surface area (TPSA) is 74.2 Å². The number of methoxy groups -OCH3 is 1. The van der Waals surface area contributed by atoms with Crippen LogP contribution in [0.3, 0.4) is 0 Å². The average molecular weight is 289 g/mol. The van der Waals surface area contributed by atoms with Gasteiger partial charge in [-0.2, -0.15) is 5.26 Å². The highest BCUT2D eigenvalue weighted by molar-refractivity contribution is 5.85. The van der Waals surface area contributed by atoms with Gasteiger partial charge >= 0.3 is 0 Å². The summed E-state index contributed by atoms with van der Waals surface area (Å²) in [6, 6.07) is 6.92. The third kappa shape index (κ3) is 4.99. The van der Waals surface area contributed by atoms with Crippen LogP contribution in [-0.4, -0.2) is 25.1 Å². The standard InChI is InChI=1S/C16H23N3O2/c1-5-6-11(2)18-16(20)12(3)19-14-8-7-13(10-17)9-15(14)21-4/h7-9,11-12,19H,5-6H2,1-4H3,(H,18,20). The maximum absolute atomic E-state index is 12.1. The minimum absolute atomic E-state index is 0.0534. The summed E-state index contributed by atoms with van der Waals surface area (Å²) in [5.74, 6) is 0.498. The summed E-state index contributed by atoms with van der Waals surface area (Å²) in [6.45, 7) is 5.88. The number of rotatable bonds is 7. The number of carbonyl (C=O) groups is 1. The molecule has 0 aliphatic heterocycles. The van der Waals surface area contributed by atoms with E-state index >= 15 is 0 Å². The number of carbonyl (C=O) groups excluding carboxylic acids is 1. The number of nitrogens with zero attached hydrogens (tertiary/aromatic N) is 1. The maximum atomic E-state index is 12.1. The van der Waals surface area contributed by atoms with E-state index in [1.165, 1.54) is 7.11 Å². The summed E-state index contributed by atoms with van der Waals surface area (Å²) < 4.78 is 5.24. The van der Waals surface area contributed by atoms with Crippen LogP contribution >= 0.6 is 0 Å². The molecule has 21 heavy (non-hydrogen) atoms. The number of amides is 1. The molecule has 0 fully saturated rings. The van der Waals surface area contributed by atoms with Crippen molar-refractivity contribution in [3.63, 3.8) is 0 Å². The minimum Gasteiger partial charge on any atom is -0.495 e. The van der Waals surface area contributed by atoms with Crippen LogP contribution in [0, 0.1) is 11.3 Å². The molecule has 1 amide bonds. The lowest BCUT2D eigenvalue weighted by atomic mass is 10.1. The molecule has 5 heteroatoms. The van der Waals surface area contributed by atoms with Crippen molar-refractivity contribution in [3.8, 4) is 11.8 Å². The van der Waals surface area contributed by atoms with E-state index in [2.05, 4.69) is 23.6 Å². The molecule has 114 valence electrons. The Hall–Kier alpha value is -2.22. The smallest absolute Gasteiger partial charge is 0.242 e. The largest absolute Gasteiger partial charge is 0.495 e. The van der Waals surface area contributed by atoms with E-state index in [1.54, 1.807) is 25.1 Å². The second kappa shape index (κ2) is 8.15. The summed E-state index contributed by atoms with van der Waals surface area (Å²) in [5, 5.41) is 15.0. The first-order chi connectivity index (χ1) is 10.0. The molecule has 2 unspecified atom stereocenters. The van der Waals surface area contributed by atoms with Crippen molar-refractivity contribution in [1.29, 1.82) is 5.26 Å². The highest BCUT2D eigenvalue weighted by atomic mass is 16.5. The summed E-state index contributed by atoms with van der Waals surface area (Å²) in [7, 11) is 1.54. The monoisotopic (exact) mass is 289 g/mol. The van der Waals surface area contributed by atoms with Gasteiger partial charge in [0.2, 0.25) is 5.91 Å². The molecule has 0 aliphatic carbocycles. The SMILES string of the molecule is CCCC(C)NC(=O)C(C)Nc1ccc(C#N)cc1OC. The minimum atomic E-state index is -0.383. The van der Waals surface area contributed by atoms with E-state index in [-0.39, 0.29) is 18.0 Å². The average Bonchev–Trinajstić information content (AvgIpc) is 2.47. The Kier molecular flexibility index (Phi) is 6.54. The molecule has 0 aliphatic rings. The summed E-state index contributed by atoms with van der Waals surface area (Å²) in [4.78, 5) is 12.1. The van der Waals surface area contributed by atoms with Gasteiger partial charge in [0.1, 0.15) is 11.8 Å². The predicted octanol–water partition coefficient (Wildman–Crippen LogP) is 2.67. The van der Waals surface area contributed by atoms with Crippen molar-refractivity contribution in [2.45, 2.75) is 45.7 Å². The highest BCUT2D eigenvalue weighted by Crippen LogP contribution is 2.25. The van der Waals surface area contributed by atoms with Crippen LogP contribution in [0.1, 0.15) is 39.2 Å². The van der Waals surface area contributed by atoms with Gasteiger partial charge in [-0.05, 0) is 32.4 Å². The lowest BCUT2D eigenvalue weighted by Gasteiger charge is -2.20. The molecule has 0 spiro atoms. The second-order valence-corrected chi connectivity index (χ2v) is 5.09. The van der Waals surface area contributed by atoms with Crippen LogP contribution in [0.2, 0.25) is 0 Å². The molecule has 1 aromatic carbocycles. The van der Waals surface area contributed by atoms with Gasteiger partial charge in [-0.3, -0.25) is 4.79 Å². The van der Waals surface area contributed by atoms with Gasteiger partial charge in [0.15, 0.2) is 0 Å². The van der Waals surface area contributed by atoms with Crippen LogP contribution in [-0.2, 0) is 4.79 Å². The molecule has 0 saturated heterocycles. The Morgan fingerprint density at radius 2 is 2.14 bits per heavy atom. The van der Waals surface area contributed by atoms with Gasteiger partial charge in [-0.1, -0.05) is 13.3 Å². The van der Waals surface area contributed by atoms with Crippen molar-refractivity contribution in [3.05, 3.63) is 23.8 Å². The van der Waals surface area contributed by atoms with Gasteiger partial charge in [0.05, 0.1) is 24.4 Å². The van der Waals surface area contributed by atoms with E-state index in [1.807, 2.05) is 6.92 Å². The first kappa shape index (κ1) is 16.8. The molecule has 5 nitrogen and oxygen atoms in total. The fraction of sp³-hybridized carbons (Fsp3) is 0.500. The van der Waals surface area contributed by atoms with E-state index in [0.717, 1.165) is 12.8 Å². The fourth-order valence-electron chi connectivity index (χ4n) is 2.05. The number of nitrogens with one attached hydrogen (secondary N) is 2. The Labute approximate surface area is 126 Å². The molecule has 0 bridgehead atoms. The summed E-state index contributed by atoms with van der Waals surface area (Å²) in [6.07, 6.45) is 1.99. The maximum Gasteiger partial charge on any atom is 0.242 e. The first-order valence-electron chi connectivity index (χ1n) is 7.16. The zero-order chi connectivity index (χ0) is 15.8. The lowest BCUT2D eigenvalue weighted by Crippen LogP contribution is -2.42. The molecule has 2 atom stereocenters. The van der Waals surface area contributed by atoms with Crippen LogP contribution < -0.4 is 15.4 Å². The second-order valence-electron chi connectivity index (χ2n) is 5.09. The van der Waals surface area contributed by atoms with Crippen LogP contribution in [0.25, 0.3) is 0 Å². The highest BCUT2D eigenvalue weighted by Gasteiger charge is 2.16. The molecule has 2 N–H and O–H groups in total. The van der Waals surface area contributed by atoms with Crippen molar-refractivity contribution < 1.29 is 9.53 Å². The van der Waals surface area contributed by atoms with Gasteiger partial charge < -0.3 is 15.4 Å². The fourth-order valence-corrected chi connectivity index (χ4v) is 2.05. The zero-order valence-electron chi connectivity index (χ0n) is 13.1. The van der Waals surface area contributed by atoms with Crippen molar-refractivity contribution >= 4 is 11.6 Å². The molecule has 0 radical (unpaired) electrons. The van der Waals surface area contributed by atoms with E-state index in [0.29, 0.717) is 17.0 Å². The molecule has 0 aromatic heterocycles. The first-order valence-corrected chi connectivity index (χ1v) is 7.16. The van der Waals surface area contributed by atoms with Gasteiger partial charge in [0.25, 0.3) is 0 Å². The summed E-state index contributed by atoms with van der Waals surface area (Å²) in [5.41, 5.74) is 1.22. The Balaban J connectivity index is 2.72. The zero-order valence-corrected chi connectivity index (χ0v) is 13.1. The quantitative estimate of drug-likeness (QED) is 0.809. The molecular formula is C16H23N3O2. The molecule has 0 saturated carbocycles. The Bertz CT molecular complexity index is 523. The van der Waals surface area contributed by atoms with Crippen LogP contribution in [0.15, 0.2) is 18.2 Å². The number of benzene rings is 1. The van der Waals surface area contributed by atoms with Gasteiger partial charge in [-0.25, -0.2) is 0 Å². The van der Waals surface area contributed by atoms with Crippen LogP contribution in [0.4, 0.5) is 5.69 Å². The summed E-state index contributed by atoms with van der Waals surface area (Å²) >= 11 is 0. The van der Waals surface area contributed by atoms with Crippen molar-refractivity contribution in [1.82, 2.24) is 5.32 Å². The molecular weight excluding hydrogens is 266 g/mol. The number of hydrogen-bond donors (Lipinski definition) is 2. The van der Waals surface area contributed by atoms with E-state index in [4.69, 9.17) is 10.00 Å². The van der Waals surface area contributed by atoms with Gasteiger partial charge in [0, 0.05) is 12.1 Å². The normalized spacial score (nSPS) is 12.9. The van der Waals surface area contributed by atoms with E-state index in [9.17, 15) is 4.79 Å². The number of anilines is 1. The van der Waals surface area contributed by atoms with E-state index < -0.39 is 0 Å². The van der Waals surface area contributed by atoms with Crippen LogP contribution in [0.5, 0.6) is 5.75 Å². The molecule has 0 heterocycles. The lowest BCUT2D eigenvalue weighted by molar-refractivity contribution is -0.122. The molecule has 1 rings (SSSR count). The van der Waals surface area contributed by atoms with Crippen molar-refractivity contribution in [2.75, 3.05) is 12.4 Å².